The molecule has 0 unspecified atom stereocenters. The van der Waals surface area contributed by atoms with Gasteiger partial charge in [0, 0.05) is 48.1 Å². The van der Waals surface area contributed by atoms with Gasteiger partial charge in [0.25, 0.3) is 0 Å². The Hall–Kier alpha value is -3.07. The molecule has 0 saturated carbocycles. The third-order valence-corrected chi connectivity index (χ3v) is 8.87. The normalized spacial score (nSPS) is 12.0. The first kappa shape index (κ1) is 33.4. The van der Waals surface area contributed by atoms with Crippen LogP contribution in [0.25, 0.3) is 0 Å². The maximum Gasteiger partial charge on any atom is 0.243 e. The number of carbonyl (C=O) groups is 2. The van der Waals surface area contributed by atoms with Crippen LogP contribution in [0.2, 0.25) is 10.0 Å². The Morgan fingerprint density at radius 3 is 2.14 bits per heavy atom. The minimum absolute atomic E-state index is 0.0213. The van der Waals surface area contributed by atoms with Gasteiger partial charge in [0.2, 0.25) is 21.8 Å². The molecule has 3 aromatic rings. The average Bonchev–Trinajstić information content (AvgIpc) is 2.95. The fourth-order valence-electron chi connectivity index (χ4n) is 4.63. The van der Waals surface area contributed by atoms with Crippen LogP contribution in [0.1, 0.15) is 49.3 Å². The van der Waals surface area contributed by atoms with Gasteiger partial charge in [-0.15, -0.1) is 0 Å². The lowest BCUT2D eigenvalue weighted by molar-refractivity contribution is -0.141. The Bertz CT molecular complexity index is 1410. The van der Waals surface area contributed by atoms with Crippen LogP contribution in [-0.2, 0) is 32.6 Å². The van der Waals surface area contributed by atoms with Gasteiger partial charge in [-0.05, 0) is 49.6 Å². The number of hydrogen-bond acceptors (Lipinski definition) is 4. The van der Waals surface area contributed by atoms with Crippen LogP contribution in [0.3, 0.4) is 0 Å². The van der Waals surface area contributed by atoms with E-state index in [1.165, 1.54) is 9.21 Å². The highest BCUT2D eigenvalue weighted by atomic mass is 35.5. The molecule has 0 spiro atoms. The van der Waals surface area contributed by atoms with Crippen molar-refractivity contribution in [3.63, 3.8) is 0 Å². The number of unbranched alkanes of at least 4 members (excludes halogenated alkanes) is 1. The molecular formula is C32H39Cl2N3O4S. The van der Waals surface area contributed by atoms with Crippen LogP contribution in [0.5, 0.6) is 0 Å². The lowest BCUT2D eigenvalue weighted by Crippen LogP contribution is -2.50. The predicted octanol–water partition coefficient (Wildman–Crippen LogP) is 6.40. The first-order chi connectivity index (χ1) is 20.0. The molecule has 0 aromatic heterocycles. The van der Waals surface area contributed by atoms with E-state index in [0.717, 1.165) is 30.2 Å². The van der Waals surface area contributed by atoms with Crippen LogP contribution in [0, 0.1) is 6.92 Å². The maximum atomic E-state index is 13.9. The third kappa shape index (κ3) is 9.75. The van der Waals surface area contributed by atoms with Gasteiger partial charge >= 0.3 is 0 Å². The highest BCUT2D eigenvalue weighted by Crippen LogP contribution is 2.28. The van der Waals surface area contributed by atoms with Crippen LogP contribution in [0.15, 0.2) is 72.8 Å². The second kappa shape index (κ2) is 16.0. The van der Waals surface area contributed by atoms with E-state index in [2.05, 4.69) is 5.32 Å². The molecule has 226 valence electrons. The van der Waals surface area contributed by atoms with E-state index in [0.29, 0.717) is 34.3 Å². The number of aryl methyl sites for hydroxylation is 1. The van der Waals surface area contributed by atoms with Gasteiger partial charge < -0.3 is 10.2 Å². The molecule has 2 amide bonds. The summed E-state index contributed by atoms with van der Waals surface area (Å²) in [6.45, 7) is 4.61. The Morgan fingerprint density at radius 2 is 1.55 bits per heavy atom. The summed E-state index contributed by atoms with van der Waals surface area (Å²) >= 11 is 13.0. The summed E-state index contributed by atoms with van der Waals surface area (Å²) in [5, 5.41) is 3.78. The second-order valence-corrected chi connectivity index (χ2v) is 13.1. The number of halogens is 2. The van der Waals surface area contributed by atoms with Gasteiger partial charge in [0.05, 0.1) is 11.9 Å². The largest absolute Gasteiger partial charge is 0.354 e. The molecule has 0 bridgehead atoms. The van der Waals surface area contributed by atoms with Crippen molar-refractivity contribution in [2.24, 2.45) is 0 Å². The van der Waals surface area contributed by atoms with Crippen LogP contribution >= 0.6 is 23.2 Å². The molecule has 0 radical (unpaired) electrons. The zero-order valence-electron chi connectivity index (χ0n) is 24.4. The maximum absolute atomic E-state index is 13.9. The van der Waals surface area contributed by atoms with Crippen molar-refractivity contribution in [1.29, 1.82) is 0 Å². The Kier molecular flexibility index (Phi) is 12.7. The minimum atomic E-state index is -3.58. The monoisotopic (exact) mass is 631 g/mol. The molecule has 42 heavy (non-hydrogen) atoms. The summed E-state index contributed by atoms with van der Waals surface area (Å²) in [7, 11) is -3.58. The van der Waals surface area contributed by atoms with E-state index in [-0.39, 0.29) is 37.7 Å². The van der Waals surface area contributed by atoms with Crippen LogP contribution < -0.4 is 9.62 Å². The fraction of sp³-hybridized carbons (Fsp3) is 0.375. The number of nitrogens with zero attached hydrogens (tertiary/aromatic N) is 2. The molecule has 3 rings (SSSR count). The molecular weight excluding hydrogens is 593 g/mol. The fourth-order valence-corrected chi connectivity index (χ4v) is 6.11. The average molecular weight is 633 g/mol. The number of hydrogen-bond donors (Lipinski definition) is 1. The topological polar surface area (TPSA) is 86.8 Å². The summed E-state index contributed by atoms with van der Waals surface area (Å²) < 4.78 is 26.5. The number of benzene rings is 3. The van der Waals surface area contributed by atoms with Crippen molar-refractivity contribution >= 4 is 50.7 Å². The first-order valence-electron chi connectivity index (χ1n) is 14.1. The second-order valence-electron chi connectivity index (χ2n) is 10.3. The Balaban J connectivity index is 1.91. The van der Waals surface area contributed by atoms with Gasteiger partial charge in [-0.2, -0.15) is 0 Å². The van der Waals surface area contributed by atoms with Gasteiger partial charge in [0.15, 0.2) is 0 Å². The molecule has 1 atom stereocenters. The van der Waals surface area contributed by atoms with Crippen molar-refractivity contribution in [2.75, 3.05) is 23.7 Å². The quantitative estimate of drug-likeness (QED) is 0.197. The zero-order chi connectivity index (χ0) is 30.7. The number of anilines is 1. The molecule has 0 aliphatic carbocycles. The van der Waals surface area contributed by atoms with Crippen molar-refractivity contribution in [3.05, 3.63) is 99.5 Å². The molecule has 3 aromatic carbocycles. The summed E-state index contributed by atoms with van der Waals surface area (Å²) in [6.07, 6.45) is 3.45. The molecule has 1 N–H and O–H groups in total. The van der Waals surface area contributed by atoms with E-state index in [9.17, 15) is 18.0 Å². The summed E-state index contributed by atoms with van der Waals surface area (Å²) in [5.74, 6) is -0.559. The van der Waals surface area contributed by atoms with Crippen LogP contribution in [0.4, 0.5) is 5.69 Å². The first-order valence-corrected chi connectivity index (χ1v) is 16.7. The summed E-state index contributed by atoms with van der Waals surface area (Å²) in [6, 6.07) is 21.0. The van der Waals surface area contributed by atoms with Crippen molar-refractivity contribution < 1.29 is 18.0 Å². The van der Waals surface area contributed by atoms with Gasteiger partial charge in [-0.1, -0.05) is 90.6 Å². The van der Waals surface area contributed by atoms with Crippen LogP contribution in [-0.4, -0.2) is 50.5 Å². The van der Waals surface area contributed by atoms with E-state index in [1.807, 2.05) is 56.3 Å². The molecule has 7 nitrogen and oxygen atoms in total. The Labute approximate surface area is 259 Å². The van der Waals surface area contributed by atoms with E-state index >= 15 is 0 Å². The van der Waals surface area contributed by atoms with E-state index in [1.54, 1.807) is 30.3 Å². The zero-order valence-corrected chi connectivity index (χ0v) is 26.7. The number of carbonyl (C=O) groups excluding carboxylic acids is 2. The predicted molar refractivity (Wildman–Crippen MR) is 171 cm³/mol. The number of amides is 2. The summed E-state index contributed by atoms with van der Waals surface area (Å²) in [4.78, 5) is 29.1. The highest BCUT2D eigenvalue weighted by molar-refractivity contribution is 7.92. The molecule has 0 aliphatic rings. The lowest BCUT2D eigenvalue weighted by atomic mass is 10.0. The highest BCUT2D eigenvalue weighted by Gasteiger charge is 2.31. The standard InChI is InChI=1S/C32H39Cl2N3O4S/c1-4-5-20-35-32(39)30(22-25-11-7-6-8-12-25)36(23-27-28(33)13-9-14-29(27)34)31(38)15-10-21-37(42(3,40)41)26-18-16-24(2)17-19-26/h6-9,11-14,16-19,30H,4-5,10,15,20-23H2,1-3H3,(H,35,39)/t30-/m0/s1. The Morgan fingerprint density at radius 1 is 0.905 bits per heavy atom. The number of rotatable bonds is 15. The van der Waals surface area contributed by atoms with Gasteiger partial charge in [0.1, 0.15) is 6.04 Å². The van der Waals surface area contributed by atoms with E-state index in [4.69, 9.17) is 23.2 Å². The van der Waals surface area contributed by atoms with E-state index < -0.39 is 16.1 Å². The molecule has 0 saturated heterocycles. The third-order valence-electron chi connectivity index (χ3n) is 6.96. The SMILES string of the molecule is CCCCNC(=O)[C@H](Cc1ccccc1)N(Cc1c(Cl)cccc1Cl)C(=O)CCCN(c1ccc(C)cc1)S(C)(=O)=O. The smallest absolute Gasteiger partial charge is 0.243 e. The molecule has 0 fully saturated rings. The summed E-state index contributed by atoms with van der Waals surface area (Å²) in [5.41, 5.74) is 3.00. The van der Waals surface area contributed by atoms with Crippen molar-refractivity contribution in [2.45, 2.75) is 58.5 Å². The van der Waals surface area contributed by atoms with Gasteiger partial charge in [-0.25, -0.2) is 8.42 Å². The van der Waals surface area contributed by atoms with Crippen molar-refractivity contribution in [3.8, 4) is 0 Å². The molecule has 10 heteroatoms. The number of sulfonamides is 1. The molecule has 0 aliphatic heterocycles. The lowest BCUT2D eigenvalue weighted by Gasteiger charge is -2.32. The van der Waals surface area contributed by atoms with Crippen molar-refractivity contribution in [1.82, 2.24) is 10.2 Å². The van der Waals surface area contributed by atoms with Gasteiger partial charge in [-0.3, -0.25) is 13.9 Å². The number of nitrogens with one attached hydrogen (secondary N) is 1. The minimum Gasteiger partial charge on any atom is -0.354 e. The molecule has 0 heterocycles.